The molecule has 7 nitrogen and oxygen atoms in total. The minimum Gasteiger partial charge on any atom is -0.486 e. The lowest BCUT2D eigenvalue weighted by Gasteiger charge is -2.34. The van der Waals surface area contributed by atoms with Crippen LogP contribution in [0.1, 0.15) is 12.8 Å². The van der Waals surface area contributed by atoms with Gasteiger partial charge < -0.3 is 25.4 Å². The van der Waals surface area contributed by atoms with Gasteiger partial charge >= 0.3 is 0 Å². The van der Waals surface area contributed by atoms with E-state index in [2.05, 4.69) is 20.2 Å². The minimum atomic E-state index is 0.314. The lowest BCUT2D eigenvalue weighted by molar-refractivity contribution is 0.171. The third kappa shape index (κ3) is 3.15. The molecule has 126 valence electrons. The number of piperidine rings is 1. The molecule has 1 fully saturated rings. The Labute approximate surface area is 140 Å². The van der Waals surface area contributed by atoms with Gasteiger partial charge in [0.05, 0.1) is 0 Å². The number of benzene rings is 1. The Morgan fingerprint density at radius 3 is 2.92 bits per heavy atom. The Kier molecular flexibility index (Phi) is 3.98. The quantitative estimate of drug-likeness (QED) is 0.890. The topological polar surface area (TPSA) is 85.5 Å². The van der Waals surface area contributed by atoms with Crippen LogP contribution in [0.2, 0.25) is 0 Å². The van der Waals surface area contributed by atoms with E-state index >= 15 is 0 Å². The Hall–Kier alpha value is -2.70. The summed E-state index contributed by atoms with van der Waals surface area (Å²) in [6.45, 7) is 3.07. The summed E-state index contributed by atoms with van der Waals surface area (Å²) >= 11 is 0. The molecule has 0 radical (unpaired) electrons. The van der Waals surface area contributed by atoms with E-state index in [9.17, 15) is 0 Å². The molecule has 0 aliphatic carbocycles. The molecule has 1 saturated heterocycles. The third-order valence-electron chi connectivity index (χ3n) is 4.32. The Bertz CT molecular complexity index is 724. The zero-order chi connectivity index (χ0) is 16.4. The van der Waals surface area contributed by atoms with Crippen LogP contribution in [-0.4, -0.2) is 42.3 Å². The maximum Gasteiger partial charge on any atom is 0.221 e. The molecule has 1 aromatic carbocycles. The molecule has 7 heteroatoms. The second-order valence-electron chi connectivity index (χ2n) is 6.06. The van der Waals surface area contributed by atoms with E-state index in [4.69, 9.17) is 15.2 Å². The number of hydrogen-bond donors (Lipinski definition) is 2. The maximum atomic E-state index is 5.70. The monoisotopic (exact) mass is 327 g/mol. The van der Waals surface area contributed by atoms with Gasteiger partial charge in [-0.2, -0.15) is 4.98 Å². The zero-order valence-electron chi connectivity index (χ0n) is 13.4. The average Bonchev–Trinajstić information content (AvgIpc) is 2.62. The molecule has 0 spiro atoms. The number of nitrogen functional groups attached to an aromatic ring is 1. The summed E-state index contributed by atoms with van der Waals surface area (Å²) in [4.78, 5) is 10.5. The molecular weight excluding hydrogens is 306 g/mol. The number of aromatic nitrogens is 2. The molecular formula is C17H21N5O2. The van der Waals surface area contributed by atoms with E-state index in [1.54, 1.807) is 6.20 Å². The van der Waals surface area contributed by atoms with E-state index in [1.165, 1.54) is 0 Å². The predicted molar refractivity (Wildman–Crippen MR) is 92.7 cm³/mol. The molecule has 2 aliphatic heterocycles. The molecule has 3 heterocycles. The van der Waals surface area contributed by atoms with Crippen molar-refractivity contribution in [3.8, 4) is 11.5 Å². The molecule has 3 N–H and O–H groups in total. The number of hydrogen-bond acceptors (Lipinski definition) is 7. The molecule has 0 saturated carbocycles. The summed E-state index contributed by atoms with van der Waals surface area (Å²) < 4.78 is 11.2. The maximum absolute atomic E-state index is 5.70. The van der Waals surface area contributed by atoms with Crippen molar-refractivity contribution in [3.05, 3.63) is 30.5 Å². The van der Waals surface area contributed by atoms with E-state index < -0.39 is 0 Å². The van der Waals surface area contributed by atoms with Gasteiger partial charge in [0.25, 0.3) is 0 Å². The molecule has 2 aromatic rings. The number of nitrogens with two attached hydrogens (primary N) is 1. The van der Waals surface area contributed by atoms with Gasteiger partial charge in [-0.1, -0.05) is 0 Å². The molecule has 24 heavy (non-hydrogen) atoms. The van der Waals surface area contributed by atoms with Crippen molar-refractivity contribution < 1.29 is 9.47 Å². The second-order valence-corrected chi connectivity index (χ2v) is 6.06. The first-order valence-corrected chi connectivity index (χ1v) is 8.27. The Morgan fingerprint density at radius 2 is 2.04 bits per heavy atom. The van der Waals surface area contributed by atoms with Crippen molar-refractivity contribution in [2.45, 2.75) is 18.9 Å². The van der Waals surface area contributed by atoms with Crippen LogP contribution in [0, 0.1) is 0 Å². The molecule has 2 aliphatic rings. The molecule has 0 unspecified atom stereocenters. The minimum absolute atomic E-state index is 0.314. The summed E-state index contributed by atoms with van der Waals surface area (Å²) in [6, 6.07) is 8.26. The van der Waals surface area contributed by atoms with Crippen LogP contribution in [0.25, 0.3) is 0 Å². The van der Waals surface area contributed by atoms with E-state index in [-0.39, 0.29) is 0 Å². The number of nitrogens with zero attached hydrogens (tertiary/aromatic N) is 3. The lowest BCUT2D eigenvalue weighted by Crippen LogP contribution is -2.42. The summed E-state index contributed by atoms with van der Waals surface area (Å²) in [7, 11) is 0. The highest BCUT2D eigenvalue weighted by Gasteiger charge is 2.22. The van der Waals surface area contributed by atoms with Crippen LogP contribution >= 0.6 is 0 Å². The Morgan fingerprint density at radius 1 is 1.17 bits per heavy atom. The standard InChI is InChI=1S/C17H21N5O2/c18-17-19-6-5-16(21-17)22-7-1-2-13(11-22)20-12-3-4-14-15(10-12)24-9-8-23-14/h3-6,10,13,20H,1-2,7-9,11H2,(H2,18,19,21)/t13-/m1/s1. The summed E-state index contributed by atoms with van der Waals surface area (Å²) in [5.74, 6) is 2.82. The van der Waals surface area contributed by atoms with Gasteiger partial charge in [-0.15, -0.1) is 0 Å². The fourth-order valence-electron chi connectivity index (χ4n) is 3.21. The van der Waals surface area contributed by atoms with Crippen LogP contribution < -0.4 is 25.4 Å². The van der Waals surface area contributed by atoms with Gasteiger partial charge in [0.1, 0.15) is 19.0 Å². The summed E-state index contributed by atoms with van der Waals surface area (Å²) in [5.41, 5.74) is 6.75. The second kappa shape index (κ2) is 6.43. The highest BCUT2D eigenvalue weighted by Crippen LogP contribution is 2.33. The van der Waals surface area contributed by atoms with Crippen molar-refractivity contribution >= 4 is 17.5 Å². The van der Waals surface area contributed by atoms with Crippen LogP contribution in [0.4, 0.5) is 17.5 Å². The molecule has 1 aromatic heterocycles. The summed E-state index contributed by atoms with van der Waals surface area (Å²) in [6.07, 6.45) is 3.92. The largest absolute Gasteiger partial charge is 0.486 e. The third-order valence-corrected chi connectivity index (χ3v) is 4.32. The number of rotatable bonds is 3. The van der Waals surface area contributed by atoms with E-state index in [1.807, 2.05) is 24.3 Å². The van der Waals surface area contributed by atoms with Crippen molar-refractivity contribution in [1.29, 1.82) is 0 Å². The van der Waals surface area contributed by atoms with Gasteiger partial charge in [0, 0.05) is 37.1 Å². The van der Waals surface area contributed by atoms with Gasteiger partial charge in [-0.3, -0.25) is 0 Å². The van der Waals surface area contributed by atoms with E-state index in [0.29, 0.717) is 25.2 Å². The van der Waals surface area contributed by atoms with Crippen LogP contribution in [0.15, 0.2) is 30.5 Å². The molecule has 0 bridgehead atoms. The molecule has 0 amide bonds. The van der Waals surface area contributed by atoms with Gasteiger partial charge in [-0.05, 0) is 31.0 Å². The van der Waals surface area contributed by atoms with Crippen LogP contribution in [-0.2, 0) is 0 Å². The molecule has 1 atom stereocenters. The number of nitrogens with one attached hydrogen (secondary N) is 1. The summed E-state index contributed by atoms with van der Waals surface area (Å²) in [5, 5.41) is 3.59. The average molecular weight is 327 g/mol. The highest BCUT2D eigenvalue weighted by atomic mass is 16.6. The van der Waals surface area contributed by atoms with Gasteiger partial charge in [0.2, 0.25) is 5.95 Å². The van der Waals surface area contributed by atoms with Crippen LogP contribution in [0.5, 0.6) is 11.5 Å². The predicted octanol–water partition coefficient (Wildman–Crippen LogP) is 1.91. The number of ether oxygens (including phenoxy) is 2. The first-order chi connectivity index (χ1) is 11.8. The lowest BCUT2D eigenvalue weighted by atomic mass is 10.1. The normalized spacial score (nSPS) is 19.8. The van der Waals surface area contributed by atoms with Crippen molar-refractivity contribution in [2.24, 2.45) is 0 Å². The Balaban J connectivity index is 1.45. The first-order valence-electron chi connectivity index (χ1n) is 8.27. The van der Waals surface area contributed by atoms with E-state index in [0.717, 1.165) is 48.9 Å². The van der Waals surface area contributed by atoms with Crippen molar-refractivity contribution in [2.75, 3.05) is 42.3 Å². The fourth-order valence-corrected chi connectivity index (χ4v) is 3.21. The SMILES string of the molecule is Nc1nccc(N2CCC[C@@H](Nc3ccc4c(c3)OCCO4)C2)n1. The van der Waals surface area contributed by atoms with Crippen molar-refractivity contribution in [1.82, 2.24) is 9.97 Å². The number of fused-ring (bicyclic) bond motifs is 1. The number of anilines is 3. The smallest absolute Gasteiger partial charge is 0.221 e. The van der Waals surface area contributed by atoms with Gasteiger partial charge in [-0.25, -0.2) is 4.98 Å². The highest BCUT2D eigenvalue weighted by molar-refractivity contribution is 5.56. The zero-order valence-corrected chi connectivity index (χ0v) is 13.4. The van der Waals surface area contributed by atoms with Crippen molar-refractivity contribution in [3.63, 3.8) is 0 Å². The fraction of sp³-hybridized carbons (Fsp3) is 0.412. The van der Waals surface area contributed by atoms with Crippen LogP contribution in [0.3, 0.4) is 0 Å². The van der Waals surface area contributed by atoms with Gasteiger partial charge in [0.15, 0.2) is 11.5 Å². The molecule has 4 rings (SSSR count). The first kappa shape index (κ1) is 14.9.